The van der Waals surface area contributed by atoms with E-state index < -0.39 is 29.5 Å². The van der Waals surface area contributed by atoms with Crippen molar-refractivity contribution in [2.45, 2.75) is 65.5 Å². The highest BCUT2D eigenvalue weighted by Crippen LogP contribution is 2.22. The maximum atomic E-state index is 12.0. The molecule has 7 nitrogen and oxygen atoms in total. The molecule has 0 heterocycles. The van der Waals surface area contributed by atoms with Crippen LogP contribution in [0.15, 0.2) is 0 Å². The predicted molar refractivity (Wildman–Crippen MR) is 79.7 cm³/mol. The van der Waals surface area contributed by atoms with Crippen LogP contribution >= 0.6 is 0 Å². The van der Waals surface area contributed by atoms with Gasteiger partial charge in [-0.3, -0.25) is 9.59 Å². The molecule has 0 aromatic rings. The van der Waals surface area contributed by atoms with E-state index in [2.05, 4.69) is 10.6 Å². The average molecular weight is 301 g/mol. The van der Waals surface area contributed by atoms with Gasteiger partial charge in [-0.25, -0.2) is 4.79 Å². The zero-order valence-electron chi connectivity index (χ0n) is 13.4. The van der Waals surface area contributed by atoms with Gasteiger partial charge in [0.1, 0.15) is 0 Å². The third-order valence-corrected chi connectivity index (χ3v) is 2.68. The Morgan fingerprint density at radius 1 is 1.14 bits per heavy atom. The summed E-state index contributed by atoms with van der Waals surface area (Å²) in [5.41, 5.74) is 4.22. The van der Waals surface area contributed by atoms with Crippen LogP contribution in [0.5, 0.6) is 0 Å². The van der Waals surface area contributed by atoms with Gasteiger partial charge < -0.3 is 21.5 Å². The molecular weight excluding hydrogens is 274 g/mol. The molecule has 0 radical (unpaired) electrons. The van der Waals surface area contributed by atoms with E-state index in [0.717, 1.165) is 0 Å². The van der Waals surface area contributed by atoms with Gasteiger partial charge >= 0.3 is 12.0 Å². The van der Waals surface area contributed by atoms with Crippen LogP contribution < -0.4 is 16.4 Å². The number of carboxylic acid groups (broad SMARTS) is 1. The molecule has 3 amide bonds. The van der Waals surface area contributed by atoms with Crippen molar-refractivity contribution in [2.75, 3.05) is 0 Å². The smallest absolute Gasteiger partial charge is 0.315 e. The maximum Gasteiger partial charge on any atom is 0.315 e. The lowest BCUT2D eigenvalue weighted by Crippen LogP contribution is -2.53. The Morgan fingerprint density at radius 3 is 2.05 bits per heavy atom. The van der Waals surface area contributed by atoms with Gasteiger partial charge in [0.2, 0.25) is 5.91 Å². The second-order valence-electron chi connectivity index (χ2n) is 7.19. The normalized spacial score (nSPS) is 13.4. The molecule has 21 heavy (non-hydrogen) atoms. The van der Waals surface area contributed by atoms with Crippen molar-refractivity contribution in [2.24, 2.45) is 11.1 Å². The molecule has 0 rings (SSSR count). The van der Waals surface area contributed by atoms with Crippen LogP contribution in [-0.4, -0.2) is 34.6 Å². The van der Waals surface area contributed by atoms with Crippen LogP contribution in [0.3, 0.4) is 0 Å². The van der Waals surface area contributed by atoms with Gasteiger partial charge in [-0.2, -0.15) is 0 Å². The zero-order valence-corrected chi connectivity index (χ0v) is 13.4. The molecule has 0 aromatic heterocycles. The van der Waals surface area contributed by atoms with E-state index in [9.17, 15) is 14.4 Å². The van der Waals surface area contributed by atoms with E-state index in [0.29, 0.717) is 6.42 Å². The fourth-order valence-corrected chi connectivity index (χ4v) is 2.13. The van der Waals surface area contributed by atoms with Crippen molar-refractivity contribution in [3.05, 3.63) is 0 Å². The van der Waals surface area contributed by atoms with E-state index in [4.69, 9.17) is 10.8 Å². The first-order chi connectivity index (χ1) is 9.31. The van der Waals surface area contributed by atoms with Crippen molar-refractivity contribution in [3.8, 4) is 0 Å². The summed E-state index contributed by atoms with van der Waals surface area (Å²) in [5, 5.41) is 14.2. The Labute approximate surface area is 125 Å². The number of urea groups is 1. The molecule has 0 saturated carbocycles. The molecule has 122 valence electrons. The third kappa shape index (κ3) is 10.6. The molecule has 0 saturated heterocycles. The fourth-order valence-electron chi connectivity index (χ4n) is 2.13. The largest absolute Gasteiger partial charge is 0.481 e. The van der Waals surface area contributed by atoms with Crippen LogP contribution in [-0.2, 0) is 9.59 Å². The number of primary amides is 1. The molecule has 0 aromatic carbocycles. The number of carboxylic acids is 1. The molecule has 0 fully saturated rings. The molecule has 0 aliphatic rings. The van der Waals surface area contributed by atoms with E-state index in [1.54, 1.807) is 13.8 Å². The molecular formula is C14H27N3O4. The van der Waals surface area contributed by atoms with Crippen LogP contribution in [0.4, 0.5) is 4.79 Å². The number of hydrogen-bond donors (Lipinski definition) is 4. The van der Waals surface area contributed by atoms with Crippen molar-refractivity contribution in [1.29, 1.82) is 0 Å². The highest BCUT2D eigenvalue weighted by molar-refractivity contribution is 5.79. The molecule has 0 spiro atoms. The third-order valence-electron chi connectivity index (χ3n) is 2.68. The van der Waals surface area contributed by atoms with Crippen LogP contribution in [0.1, 0.15) is 53.9 Å². The summed E-state index contributed by atoms with van der Waals surface area (Å²) in [6, 6.07) is -0.983. The van der Waals surface area contributed by atoms with Crippen molar-refractivity contribution >= 4 is 17.9 Å². The summed E-state index contributed by atoms with van der Waals surface area (Å²) in [6.07, 6.45) is 0.382. The van der Waals surface area contributed by atoms with Gasteiger partial charge in [0.25, 0.3) is 0 Å². The number of aliphatic carboxylic acids is 1. The minimum Gasteiger partial charge on any atom is -0.481 e. The summed E-state index contributed by atoms with van der Waals surface area (Å²) in [7, 11) is 0. The first-order valence-electron chi connectivity index (χ1n) is 6.89. The first kappa shape index (κ1) is 19.2. The molecule has 1 unspecified atom stereocenters. The lowest BCUT2D eigenvalue weighted by atomic mass is 9.87. The Kier molecular flexibility index (Phi) is 6.66. The number of carbonyl (C=O) groups is 3. The molecule has 0 aliphatic carbocycles. The number of hydrogen-bond acceptors (Lipinski definition) is 3. The molecule has 0 aliphatic heterocycles. The predicted octanol–water partition coefficient (Wildman–Crippen LogP) is 1.22. The quantitative estimate of drug-likeness (QED) is 0.564. The van der Waals surface area contributed by atoms with Crippen LogP contribution in [0, 0.1) is 5.41 Å². The van der Waals surface area contributed by atoms with E-state index in [1.165, 1.54) is 0 Å². The minimum absolute atomic E-state index is 0.00326. The summed E-state index contributed by atoms with van der Waals surface area (Å²) in [5.74, 6) is -1.49. The Morgan fingerprint density at radius 2 is 1.67 bits per heavy atom. The monoisotopic (exact) mass is 301 g/mol. The summed E-state index contributed by atoms with van der Waals surface area (Å²) in [6.45, 7) is 9.26. The number of carbonyl (C=O) groups excluding carboxylic acids is 2. The van der Waals surface area contributed by atoms with E-state index >= 15 is 0 Å². The first-order valence-corrected chi connectivity index (χ1v) is 6.89. The van der Waals surface area contributed by atoms with Gasteiger partial charge in [-0.15, -0.1) is 0 Å². The number of nitrogens with two attached hydrogens (primary N) is 1. The van der Waals surface area contributed by atoms with E-state index in [1.807, 2.05) is 20.8 Å². The van der Waals surface area contributed by atoms with E-state index in [-0.39, 0.29) is 18.3 Å². The lowest BCUT2D eigenvalue weighted by molar-refractivity contribution is -0.137. The van der Waals surface area contributed by atoms with Crippen molar-refractivity contribution in [1.82, 2.24) is 10.6 Å². The van der Waals surface area contributed by atoms with Gasteiger partial charge in [0.15, 0.2) is 0 Å². The standard InChI is InChI=1S/C14H27N3O4/c1-13(2,3)7-9(6-11(19)20)16-12(21)17-14(4,5)8-10(15)18/h9H,6-8H2,1-5H3,(H2,15,18)(H,19,20)(H2,16,17,21). The highest BCUT2D eigenvalue weighted by atomic mass is 16.4. The van der Waals surface area contributed by atoms with Crippen LogP contribution in [0.25, 0.3) is 0 Å². The number of nitrogens with one attached hydrogen (secondary N) is 2. The Balaban J connectivity index is 4.66. The average Bonchev–Trinajstić information content (AvgIpc) is 2.07. The number of rotatable bonds is 7. The molecule has 5 N–H and O–H groups in total. The Hall–Kier alpha value is -1.79. The molecule has 7 heteroatoms. The summed E-state index contributed by atoms with van der Waals surface area (Å²) >= 11 is 0. The van der Waals surface area contributed by atoms with Gasteiger partial charge in [-0.05, 0) is 25.7 Å². The summed E-state index contributed by atoms with van der Waals surface area (Å²) < 4.78 is 0. The highest BCUT2D eigenvalue weighted by Gasteiger charge is 2.26. The number of amides is 3. The molecule has 0 bridgehead atoms. The molecule has 1 atom stereocenters. The van der Waals surface area contributed by atoms with Crippen LogP contribution in [0.2, 0.25) is 0 Å². The summed E-state index contributed by atoms with van der Waals surface area (Å²) in [4.78, 5) is 33.8. The lowest BCUT2D eigenvalue weighted by Gasteiger charge is -2.29. The van der Waals surface area contributed by atoms with Gasteiger partial charge in [0, 0.05) is 18.0 Å². The van der Waals surface area contributed by atoms with Crippen molar-refractivity contribution in [3.63, 3.8) is 0 Å². The van der Waals surface area contributed by atoms with Gasteiger partial charge in [-0.1, -0.05) is 20.8 Å². The Bertz CT molecular complexity index is 400. The topological polar surface area (TPSA) is 122 Å². The minimum atomic E-state index is -0.971. The maximum absolute atomic E-state index is 12.0. The zero-order chi connectivity index (χ0) is 16.8. The SMILES string of the molecule is CC(C)(C)CC(CC(=O)O)NC(=O)NC(C)(C)CC(N)=O. The van der Waals surface area contributed by atoms with Gasteiger partial charge in [0.05, 0.1) is 6.42 Å². The second kappa shape index (κ2) is 7.28. The second-order valence-corrected chi connectivity index (χ2v) is 7.19. The van der Waals surface area contributed by atoms with Crippen molar-refractivity contribution < 1.29 is 19.5 Å². The fraction of sp³-hybridized carbons (Fsp3) is 0.786.